The lowest BCUT2D eigenvalue weighted by Gasteiger charge is -2.15. The summed E-state index contributed by atoms with van der Waals surface area (Å²) in [5.74, 6) is 1.71. The lowest BCUT2D eigenvalue weighted by Crippen LogP contribution is -2.29. The van der Waals surface area contributed by atoms with Crippen LogP contribution >= 0.6 is 0 Å². The van der Waals surface area contributed by atoms with E-state index in [1.165, 1.54) is 12.8 Å². The molecule has 118 valence electrons. The van der Waals surface area contributed by atoms with Gasteiger partial charge in [-0.3, -0.25) is 4.79 Å². The summed E-state index contributed by atoms with van der Waals surface area (Å²) in [4.78, 5) is 12.3. The molecule has 0 bridgehead atoms. The highest BCUT2D eigenvalue weighted by atomic mass is 16.5. The van der Waals surface area contributed by atoms with Crippen molar-refractivity contribution in [2.75, 3.05) is 20.8 Å². The molecule has 0 heterocycles. The average Bonchev–Trinajstić information content (AvgIpc) is 2.54. The van der Waals surface area contributed by atoms with Crippen LogP contribution in [-0.2, 0) is 0 Å². The zero-order valence-electron chi connectivity index (χ0n) is 13.6. The van der Waals surface area contributed by atoms with Gasteiger partial charge in [0.05, 0.1) is 14.2 Å². The molecule has 4 nitrogen and oxygen atoms in total. The van der Waals surface area contributed by atoms with E-state index >= 15 is 0 Å². The highest BCUT2D eigenvalue weighted by molar-refractivity contribution is 5.95. The Bertz CT molecular complexity index is 423. The molecule has 0 aromatic heterocycles. The molecule has 1 aromatic carbocycles. The topological polar surface area (TPSA) is 47.6 Å². The van der Waals surface area contributed by atoms with Crippen molar-refractivity contribution in [2.24, 2.45) is 5.92 Å². The smallest absolute Gasteiger partial charge is 0.251 e. The van der Waals surface area contributed by atoms with Crippen LogP contribution in [0.1, 0.15) is 49.9 Å². The van der Waals surface area contributed by atoms with E-state index in [2.05, 4.69) is 19.2 Å². The summed E-state index contributed by atoms with van der Waals surface area (Å²) in [6, 6.07) is 5.21. The summed E-state index contributed by atoms with van der Waals surface area (Å²) in [5.41, 5.74) is 0.566. The van der Waals surface area contributed by atoms with Crippen molar-refractivity contribution in [3.63, 3.8) is 0 Å². The minimum atomic E-state index is -0.0813. The summed E-state index contributed by atoms with van der Waals surface area (Å²) in [6.45, 7) is 5.07. The van der Waals surface area contributed by atoms with Crippen molar-refractivity contribution >= 4 is 5.91 Å². The molecular weight excluding hydrogens is 266 g/mol. The van der Waals surface area contributed by atoms with Crippen molar-refractivity contribution in [1.29, 1.82) is 0 Å². The number of nitrogens with one attached hydrogen (secondary N) is 1. The van der Waals surface area contributed by atoms with Crippen LogP contribution in [0.2, 0.25) is 0 Å². The van der Waals surface area contributed by atoms with Crippen LogP contribution in [0, 0.1) is 5.92 Å². The number of amides is 1. The SMILES string of the molecule is CCCCC(CC)CNC(=O)c1cc(OC)cc(OC)c1. The van der Waals surface area contributed by atoms with Gasteiger partial charge in [0.1, 0.15) is 11.5 Å². The van der Waals surface area contributed by atoms with Gasteiger partial charge in [-0.25, -0.2) is 0 Å². The molecule has 1 atom stereocenters. The minimum absolute atomic E-state index is 0.0813. The lowest BCUT2D eigenvalue weighted by atomic mass is 9.99. The molecule has 0 saturated carbocycles. The molecule has 1 aromatic rings. The van der Waals surface area contributed by atoms with Gasteiger partial charge >= 0.3 is 0 Å². The Morgan fingerprint density at radius 1 is 1.14 bits per heavy atom. The first-order chi connectivity index (χ1) is 10.1. The number of unbranched alkanes of at least 4 members (excludes halogenated alkanes) is 1. The summed E-state index contributed by atoms with van der Waals surface area (Å²) in [7, 11) is 3.16. The third kappa shape index (κ3) is 5.66. The Balaban J connectivity index is 2.66. The van der Waals surface area contributed by atoms with E-state index in [1.807, 2.05) is 0 Å². The molecule has 0 radical (unpaired) electrons. The van der Waals surface area contributed by atoms with Crippen LogP contribution < -0.4 is 14.8 Å². The maximum atomic E-state index is 12.3. The largest absolute Gasteiger partial charge is 0.497 e. The molecule has 0 fully saturated rings. The molecule has 1 unspecified atom stereocenters. The molecule has 4 heteroatoms. The number of carbonyl (C=O) groups excluding carboxylic acids is 1. The number of rotatable bonds is 9. The molecule has 21 heavy (non-hydrogen) atoms. The highest BCUT2D eigenvalue weighted by Crippen LogP contribution is 2.22. The predicted octanol–water partition coefficient (Wildman–Crippen LogP) is 3.65. The zero-order valence-corrected chi connectivity index (χ0v) is 13.6. The van der Waals surface area contributed by atoms with Gasteiger partial charge in [0.15, 0.2) is 0 Å². The standard InChI is InChI=1S/C17H27NO3/c1-5-7-8-13(6-2)12-18-17(19)14-9-15(20-3)11-16(10-14)21-4/h9-11,13H,5-8,12H2,1-4H3,(H,18,19). The van der Waals surface area contributed by atoms with E-state index in [0.29, 0.717) is 23.0 Å². The Morgan fingerprint density at radius 3 is 2.24 bits per heavy atom. The highest BCUT2D eigenvalue weighted by Gasteiger charge is 2.12. The molecule has 0 saturated heterocycles. The van der Waals surface area contributed by atoms with Crippen LogP contribution in [0.15, 0.2) is 18.2 Å². The number of ether oxygens (including phenoxy) is 2. The maximum Gasteiger partial charge on any atom is 0.251 e. The van der Waals surface area contributed by atoms with Gasteiger partial charge < -0.3 is 14.8 Å². The van der Waals surface area contributed by atoms with E-state index in [9.17, 15) is 4.79 Å². The van der Waals surface area contributed by atoms with E-state index in [4.69, 9.17) is 9.47 Å². The second kappa shape index (κ2) is 9.27. The van der Waals surface area contributed by atoms with Crippen LogP contribution in [0.3, 0.4) is 0 Å². The van der Waals surface area contributed by atoms with Crippen LogP contribution in [0.4, 0.5) is 0 Å². The Morgan fingerprint density at radius 2 is 1.76 bits per heavy atom. The van der Waals surface area contributed by atoms with Crippen molar-refractivity contribution in [1.82, 2.24) is 5.32 Å². The molecular formula is C17H27NO3. The molecule has 0 aliphatic rings. The maximum absolute atomic E-state index is 12.3. The first-order valence-corrected chi connectivity index (χ1v) is 7.65. The minimum Gasteiger partial charge on any atom is -0.497 e. The summed E-state index contributed by atoms with van der Waals surface area (Å²) in [6.07, 6.45) is 4.65. The average molecular weight is 293 g/mol. The summed E-state index contributed by atoms with van der Waals surface area (Å²) in [5, 5.41) is 3.01. The van der Waals surface area contributed by atoms with Crippen molar-refractivity contribution in [2.45, 2.75) is 39.5 Å². The van der Waals surface area contributed by atoms with Gasteiger partial charge in [-0.1, -0.05) is 33.1 Å². The molecule has 1 N–H and O–H groups in total. The zero-order chi connectivity index (χ0) is 15.7. The number of methoxy groups -OCH3 is 2. The normalized spacial score (nSPS) is 11.8. The van der Waals surface area contributed by atoms with E-state index in [0.717, 1.165) is 19.4 Å². The number of hydrogen-bond donors (Lipinski definition) is 1. The predicted molar refractivity (Wildman–Crippen MR) is 85.2 cm³/mol. The van der Waals surface area contributed by atoms with Crippen molar-refractivity contribution in [3.05, 3.63) is 23.8 Å². The van der Waals surface area contributed by atoms with Crippen LogP contribution in [0.5, 0.6) is 11.5 Å². The molecule has 0 aliphatic carbocycles. The van der Waals surface area contributed by atoms with Gasteiger partial charge in [0, 0.05) is 18.2 Å². The summed E-state index contributed by atoms with van der Waals surface area (Å²) >= 11 is 0. The number of hydrogen-bond acceptors (Lipinski definition) is 3. The van der Waals surface area contributed by atoms with Gasteiger partial charge in [0.2, 0.25) is 0 Å². The van der Waals surface area contributed by atoms with Crippen LogP contribution in [0.25, 0.3) is 0 Å². The van der Waals surface area contributed by atoms with E-state index in [1.54, 1.807) is 32.4 Å². The van der Waals surface area contributed by atoms with Crippen LogP contribution in [-0.4, -0.2) is 26.7 Å². The second-order valence-electron chi connectivity index (χ2n) is 5.23. The Hall–Kier alpha value is -1.71. The van der Waals surface area contributed by atoms with Crippen molar-refractivity contribution < 1.29 is 14.3 Å². The van der Waals surface area contributed by atoms with E-state index in [-0.39, 0.29) is 5.91 Å². The van der Waals surface area contributed by atoms with Gasteiger partial charge in [-0.15, -0.1) is 0 Å². The monoisotopic (exact) mass is 293 g/mol. The molecule has 0 spiro atoms. The number of benzene rings is 1. The van der Waals surface area contributed by atoms with Gasteiger partial charge in [-0.2, -0.15) is 0 Å². The fourth-order valence-corrected chi connectivity index (χ4v) is 2.22. The number of carbonyl (C=O) groups is 1. The fraction of sp³-hybridized carbons (Fsp3) is 0.588. The summed E-state index contributed by atoms with van der Waals surface area (Å²) < 4.78 is 10.4. The lowest BCUT2D eigenvalue weighted by molar-refractivity contribution is 0.0945. The molecule has 1 rings (SSSR count). The van der Waals surface area contributed by atoms with Gasteiger partial charge in [-0.05, 0) is 24.5 Å². The molecule has 1 amide bonds. The third-order valence-corrected chi connectivity index (χ3v) is 3.71. The quantitative estimate of drug-likeness (QED) is 0.756. The Kier molecular flexibility index (Phi) is 7.65. The third-order valence-electron chi connectivity index (χ3n) is 3.71. The van der Waals surface area contributed by atoms with Gasteiger partial charge in [0.25, 0.3) is 5.91 Å². The van der Waals surface area contributed by atoms with Crippen molar-refractivity contribution in [3.8, 4) is 11.5 Å². The molecule has 0 aliphatic heterocycles. The fourth-order valence-electron chi connectivity index (χ4n) is 2.22. The Labute approximate surface area is 127 Å². The first-order valence-electron chi connectivity index (χ1n) is 7.65. The second-order valence-corrected chi connectivity index (χ2v) is 5.23. The van der Waals surface area contributed by atoms with E-state index < -0.39 is 0 Å². The first kappa shape index (κ1) is 17.3.